The number of aryl methyl sites for hydroxylation is 1. The Kier molecular flexibility index (Phi) is 3.93. The maximum Gasteiger partial charge on any atom is 0.122 e. The van der Waals surface area contributed by atoms with Gasteiger partial charge < -0.3 is 10.3 Å². The largest absolute Gasteiger partial charge is 0.337 e. The molecule has 0 bridgehead atoms. The van der Waals surface area contributed by atoms with Crippen LogP contribution < -0.4 is 5.73 Å². The first kappa shape index (κ1) is 12.3. The smallest absolute Gasteiger partial charge is 0.122 e. The summed E-state index contributed by atoms with van der Waals surface area (Å²) in [7, 11) is 4.08. The van der Waals surface area contributed by atoms with Crippen LogP contribution in [0.5, 0.6) is 0 Å². The first-order valence-corrected chi connectivity index (χ1v) is 6.48. The van der Waals surface area contributed by atoms with Crippen LogP contribution in [-0.2, 0) is 13.6 Å². The summed E-state index contributed by atoms with van der Waals surface area (Å²) >= 11 is 1.71. The van der Waals surface area contributed by atoms with Crippen molar-refractivity contribution in [3.63, 3.8) is 0 Å². The minimum Gasteiger partial charge on any atom is -0.337 e. The summed E-state index contributed by atoms with van der Waals surface area (Å²) in [6, 6.07) is 4.21. The van der Waals surface area contributed by atoms with Crippen LogP contribution in [0, 0.1) is 0 Å². The van der Waals surface area contributed by atoms with Gasteiger partial charge in [0.1, 0.15) is 5.82 Å². The van der Waals surface area contributed by atoms with Crippen LogP contribution in [0.15, 0.2) is 29.9 Å². The molecule has 0 amide bonds. The lowest BCUT2D eigenvalue weighted by Gasteiger charge is -2.20. The average molecular weight is 250 g/mol. The normalized spacial score (nSPS) is 13.2. The zero-order valence-corrected chi connectivity index (χ0v) is 11.0. The highest BCUT2D eigenvalue weighted by molar-refractivity contribution is 7.10. The molecule has 5 heteroatoms. The maximum absolute atomic E-state index is 6.15. The summed E-state index contributed by atoms with van der Waals surface area (Å²) in [6.45, 7) is 1.66. The van der Waals surface area contributed by atoms with E-state index in [2.05, 4.69) is 28.4 Å². The Morgan fingerprint density at radius 3 is 3.00 bits per heavy atom. The monoisotopic (exact) mass is 250 g/mol. The number of nitrogens with zero attached hydrogens (tertiary/aromatic N) is 3. The van der Waals surface area contributed by atoms with E-state index < -0.39 is 0 Å². The quantitative estimate of drug-likeness (QED) is 0.877. The molecule has 2 aromatic heterocycles. The average Bonchev–Trinajstić information content (AvgIpc) is 2.90. The molecule has 0 aliphatic heterocycles. The fourth-order valence-corrected chi connectivity index (χ4v) is 2.50. The zero-order valence-electron chi connectivity index (χ0n) is 10.2. The summed E-state index contributed by atoms with van der Waals surface area (Å²) in [5.41, 5.74) is 6.15. The number of thiophene rings is 1. The molecule has 0 aliphatic carbocycles. The summed E-state index contributed by atoms with van der Waals surface area (Å²) in [5, 5.41) is 2.06. The molecular formula is C12H18N4S. The van der Waals surface area contributed by atoms with Crippen molar-refractivity contribution < 1.29 is 0 Å². The van der Waals surface area contributed by atoms with Crippen molar-refractivity contribution in [2.75, 3.05) is 13.6 Å². The van der Waals surface area contributed by atoms with Gasteiger partial charge in [-0.2, -0.15) is 0 Å². The molecule has 0 aromatic carbocycles. The number of nitrogens with two attached hydrogens (primary N) is 1. The van der Waals surface area contributed by atoms with Crippen molar-refractivity contribution >= 4 is 11.3 Å². The van der Waals surface area contributed by atoms with Crippen molar-refractivity contribution in [2.45, 2.75) is 12.6 Å². The molecule has 2 aromatic rings. The van der Waals surface area contributed by atoms with Crippen LogP contribution in [0.25, 0.3) is 0 Å². The van der Waals surface area contributed by atoms with Crippen molar-refractivity contribution in [1.82, 2.24) is 14.5 Å². The molecule has 0 saturated heterocycles. The second-order valence-corrected chi connectivity index (χ2v) is 5.25. The molecule has 4 nitrogen and oxygen atoms in total. The first-order valence-electron chi connectivity index (χ1n) is 5.60. The van der Waals surface area contributed by atoms with Gasteiger partial charge in [0.2, 0.25) is 0 Å². The Morgan fingerprint density at radius 2 is 2.41 bits per heavy atom. The Morgan fingerprint density at radius 1 is 1.59 bits per heavy atom. The van der Waals surface area contributed by atoms with E-state index in [9.17, 15) is 0 Å². The van der Waals surface area contributed by atoms with Crippen LogP contribution in [0.4, 0.5) is 0 Å². The van der Waals surface area contributed by atoms with Gasteiger partial charge in [-0.25, -0.2) is 4.98 Å². The van der Waals surface area contributed by atoms with E-state index in [1.807, 2.05) is 30.1 Å². The van der Waals surface area contributed by atoms with Gasteiger partial charge in [0.15, 0.2) is 0 Å². The molecule has 2 rings (SSSR count). The predicted octanol–water partition coefficient (Wildman–Crippen LogP) is 1.61. The minimum atomic E-state index is 0.0836. The predicted molar refractivity (Wildman–Crippen MR) is 70.8 cm³/mol. The van der Waals surface area contributed by atoms with Crippen LogP contribution in [-0.4, -0.2) is 28.0 Å². The van der Waals surface area contributed by atoms with E-state index in [0.29, 0.717) is 0 Å². The standard InChI is InChI=1S/C12H18N4S/c1-15(9-12-14-5-6-16(12)2)8-10(13)11-4-3-7-17-11/h3-7,10H,8-9,13H2,1-2H3. The van der Waals surface area contributed by atoms with Crippen molar-refractivity contribution in [3.05, 3.63) is 40.6 Å². The van der Waals surface area contributed by atoms with E-state index in [-0.39, 0.29) is 6.04 Å². The summed E-state index contributed by atoms with van der Waals surface area (Å²) < 4.78 is 2.03. The molecule has 0 spiro atoms. The topological polar surface area (TPSA) is 47.1 Å². The van der Waals surface area contributed by atoms with Gasteiger partial charge in [-0.1, -0.05) is 6.07 Å². The molecule has 1 unspecified atom stereocenters. The second kappa shape index (κ2) is 5.44. The van der Waals surface area contributed by atoms with E-state index in [1.54, 1.807) is 11.3 Å². The third kappa shape index (κ3) is 3.15. The first-order chi connectivity index (χ1) is 8.16. The number of aromatic nitrogens is 2. The molecule has 0 aliphatic rings. The molecular weight excluding hydrogens is 232 g/mol. The highest BCUT2D eigenvalue weighted by Crippen LogP contribution is 2.17. The van der Waals surface area contributed by atoms with Crippen LogP contribution >= 0.6 is 11.3 Å². The maximum atomic E-state index is 6.15. The summed E-state index contributed by atoms with van der Waals surface area (Å²) in [6.07, 6.45) is 3.78. The van der Waals surface area contributed by atoms with Crippen LogP contribution in [0.2, 0.25) is 0 Å². The minimum absolute atomic E-state index is 0.0836. The van der Waals surface area contributed by atoms with Gasteiger partial charge in [0, 0.05) is 30.9 Å². The Bertz CT molecular complexity index is 449. The Hall–Kier alpha value is -1.17. The number of imidazole rings is 1. The molecule has 1 atom stereocenters. The molecule has 0 radical (unpaired) electrons. The van der Waals surface area contributed by atoms with E-state index in [0.717, 1.165) is 18.9 Å². The van der Waals surface area contributed by atoms with Gasteiger partial charge in [0.25, 0.3) is 0 Å². The van der Waals surface area contributed by atoms with Gasteiger partial charge >= 0.3 is 0 Å². The third-order valence-corrected chi connectivity index (χ3v) is 3.75. The SMILES string of the molecule is CN(Cc1nccn1C)CC(N)c1cccs1. The molecule has 92 valence electrons. The zero-order chi connectivity index (χ0) is 12.3. The lowest BCUT2D eigenvalue weighted by Crippen LogP contribution is -2.29. The molecule has 0 fully saturated rings. The molecule has 17 heavy (non-hydrogen) atoms. The van der Waals surface area contributed by atoms with Crippen LogP contribution in [0.3, 0.4) is 0 Å². The number of rotatable bonds is 5. The third-order valence-electron chi connectivity index (χ3n) is 2.75. The van der Waals surface area contributed by atoms with Crippen LogP contribution in [0.1, 0.15) is 16.7 Å². The highest BCUT2D eigenvalue weighted by atomic mass is 32.1. The highest BCUT2D eigenvalue weighted by Gasteiger charge is 2.11. The van der Waals surface area contributed by atoms with Gasteiger partial charge in [0.05, 0.1) is 12.6 Å². The lowest BCUT2D eigenvalue weighted by molar-refractivity contribution is 0.296. The Labute approximate surface area is 106 Å². The van der Waals surface area contributed by atoms with Gasteiger partial charge in [-0.15, -0.1) is 11.3 Å². The molecule has 2 N–H and O–H groups in total. The van der Waals surface area contributed by atoms with Crippen molar-refractivity contribution in [2.24, 2.45) is 12.8 Å². The Balaban J connectivity index is 1.89. The van der Waals surface area contributed by atoms with E-state index >= 15 is 0 Å². The fraction of sp³-hybridized carbons (Fsp3) is 0.417. The number of hydrogen-bond acceptors (Lipinski definition) is 4. The van der Waals surface area contributed by atoms with Gasteiger partial charge in [-0.05, 0) is 18.5 Å². The lowest BCUT2D eigenvalue weighted by atomic mass is 10.2. The molecule has 0 saturated carbocycles. The summed E-state index contributed by atoms with van der Waals surface area (Å²) in [5.74, 6) is 1.06. The van der Waals surface area contributed by atoms with E-state index in [4.69, 9.17) is 5.73 Å². The van der Waals surface area contributed by atoms with Crippen molar-refractivity contribution in [3.8, 4) is 0 Å². The van der Waals surface area contributed by atoms with Crippen molar-refractivity contribution in [1.29, 1.82) is 0 Å². The van der Waals surface area contributed by atoms with Gasteiger partial charge in [-0.3, -0.25) is 4.90 Å². The fourth-order valence-electron chi connectivity index (χ4n) is 1.78. The summed E-state index contributed by atoms with van der Waals surface area (Å²) in [4.78, 5) is 7.74. The number of likely N-dealkylation sites (N-methyl/N-ethyl adjacent to an activating group) is 1. The van der Waals surface area contributed by atoms with E-state index in [1.165, 1.54) is 4.88 Å². The number of hydrogen-bond donors (Lipinski definition) is 1. The second-order valence-electron chi connectivity index (χ2n) is 4.27. The molecule has 2 heterocycles.